The smallest absolute Gasteiger partial charge is 0.159 e. The minimum atomic E-state index is 0.240. The Morgan fingerprint density at radius 1 is 1.38 bits per heavy atom. The van der Waals surface area contributed by atoms with E-state index in [9.17, 15) is 0 Å². The molecule has 1 atom stereocenters. The molecule has 3 rings (SSSR count). The number of imidazole rings is 1. The van der Waals surface area contributed by atoms with Crippen molar-refractivity contribution < 1.29 is 0 Å². The number of pyridine rings is 1. The highest BCUT2D eigenvalue weighted by molar-refractivity contribution is 5.71. The van der Waals surface area contributed by atoms with Crippen LogP contribution in [0.15, 0.2) is 18.3 Å². The SMILES string of the molecule is CC(C)(C)Cc1nc2cccnc2n1CC1CCCNC1. The van der Waals surface area contributed by atoms with Crippen LogP contribution >= 0.6 is 0 Å². The van der Waals surface area contributed by atoms with Crippen LogP contribution in [0.4, 0.5) is 0 Å². The van der Waals surface area contributed by atoms with E-state index in [1.165, 1.54) is 18.7 Å². The summed E-state index contributed by atoms with van der Waals surface area (Å²) in [6.07, 6.45) is 5.44. The molecule has 2 aromatic heterocycles. The van der Waals surface area contributed by atoms with Crippen molar-refractivity contribution in [3.8, 4) is 0 Å². The molecule has 4 heteroatoms. The van der Waals surface area contributed by atoms with Crippen molar-refractivity contribution in [3.63, 3.8) is 0 Å². The van der Waals surface area contributed by atoms with Gasteiger partial charge in [-0.15, -0.1) is 0 Å². The average Bonchev–Trinajstić information content (AvgIpc) is 2.76. The summed E-state index contributed by atoms with van der Waals surface area (Å²) in [6.45, 7) is 10.1. The molecule has 0 bridgehead atoms. The lowest BCUT2D eigenvalue weighted by molar-refractivity contribution is 0.327. The van der Waals surface area contributed by atoms with E-state index in [-0.39, 0.29) is 5.41 Å². The number of nitrogens with zero attached hydrogens (tertiary/aromatic N) is 3. The second-order valence-electron chi connectivity index (χ2n) is 7.43. The number of hydrogen-bond acceptors (Lipinski definition) is 3. The number of piperidine rings is 1. The molecule has 21 heavy (non-hydrogen) atoms. The standard InChI is InChI=1S/C17H26N4/c1-17(2,3)10-15-20-14-7-5-9-19-16(14)21(15)12-13-6-4-8-18-11-13/h5,7,9,13,18H,4,6,8,10-12H2,1-3H3. The zero-order valence-corrected chi connectivity index (χ0v) is 13.4. The molecule has 2 aromatic rings. The first-order valence-corrected chi connectivity index (χ1v) is 8.04. The largest absolute Gasteiger partial charge is 0.316 e. The second-order valence-corrected chi connectivity index (χ2v) is 7.43. The Morgan fingerprint density at radius 3 is 2.95 bits per heavy atom. The fraction of sp³-hybridized carbons (Fsp3) is 0.647. The van der Waals surface area contributed by atoms with Gasteiger partial charge in [0.25, 0.3) is 0 Å². The van der Waals surface area contributed by atoms with Gasteiger partial charge in [-0.2, -0.15) is 0 Å². The predicted molar refractivity (Wildman–Crippen MR) is 86.3 cm³/mol. The van der Waals surface area contributed by atoms with Crippen molar-refractivity contribution in [1.29, 1.82) is 0 Å². The lowest BCUT2D eigenvalue weighted by atomic mass is 9.91. The van der Waals surface area contributed by atoms with Crippen LogP contribution in [-0.4, -0.2) is 27.6 Å². The summed E-state index contributed by atoms with van der Waals surface area (Å²) in [7, 11) is 0. The molecule has 1 aliphatic rings. The van der Waals surface area contributed by atoms with Crippen LogP contribution in [0.1, 0.15) is 39.4 Å². The molecule has 1 saturated heterocycles. The van der Waals surface area contributed by atoms with Crippen LogP contribution in [0, 0.1) is 11.3 Å². The number of rotatable bonds is 3. The minimum absolute atomic E-state index is 0.240. The van der Waals surface area contributed by atoms with Gasteiger partial charge in [0.2, 0.25) is 0 Å². The van der Waals surface area contributed by atoms with E-state index < -0.39 is 0 Å². The van der Waals surface area contributed by atoms with E-state index >= 15 is 0 Å². The second kappa shape index (κ2) is 5.76. The molecule has 1 N–H and O–H groups in total. The van der Waals surface area contributed by atoms with Gasteiger partial charge < -0.3 is 9.88 Å². The molecule has 4 nitrogen and oxygen atoms in total. The summed E-state index contributed by atoms with van der Waals surface area (Å²) in [4.78, 5) is 9.42. The average molecular weight is 286 g/mol. The van der Waals surface area contributed by atoms with Crippen LogP contribution in [0.2, 0.25) is 0 Å². The van der Waals surface area contributed by atoms with Gasteiger partial charge in [0.05, 0.1) is 0 Å². The molecular weight excluding hydrogens is 260 g/mol. The van der Waals surface area contributed by atoms with E-state index in [2.05, 4.69) is 41.7 Å². The van der Waals surface area contributed by atoms with Gasteiger partial charge in [0, 0.05) is 19.2 Å². The molecule has 1 fully saturated rings. The Labute approximate surface area is 127 Å². The molecule has 3 heterocycles. The van der Waals surface area contributed by atoms with E-state index in [4.69, 9.17) is 4.98 Å². The predicted octanol–water partition coefficient (Wildman–Crippen LogP) is 3.02. The highest BCUT2D eigenvalue weighted by atomic mass is 15.1. The number of nitrogens with one attached hydrogen (secondary N) is 1. The topological polar surface area (TPSA) is 42.7 Å². The normalized spacial score (nSPS) is 20.0. The third-order valence-electron chi connectivity index (χ3n) is 4.11. The molecule has 0 spiro atoms. The monoisotopic (exact) mass is 286 g/mol. The first-order chi connectivity index (χ1) is 10.0. The summed E-state index contributed by atoms with van der Waals surface area (Å²) in [5, 5.41) is 3.51. The van der Waals surface area contributed by atoms with Gasteiger partial charge in [-0.3, -0.25) is 0 Å². The molecule has 0 aromatic carbocycles. The lowest BCUT2D eigenvalue weighted by Gasteiger charge is -2.25. The van der Waals surface area contributed by atoms with Gasteiger partial charge in [0.1, 0.15) is 11.3 Å². The van der Waals surface area contributed by atoms with Crippen molar-refractivity contribution in [2.24, 2.45) is 11.3 Å². The Hall–Kier alpha value is -1.42. The van der Waals surface area contributed by atoms with Crippen molar-refractivity contribution >= 4 is 11.2 Å². The molecule has 0 amide bonds. The molecular formula is C17H26N4. The maximum absolute atomic E-state index is 4.84. The van der Waals surface area contributed by atoms with Crippen LogP contribution in [-0.2, 0) is 13.0 Å². The summed E-state index contributed by atoms with van der Waals surface area (Å²) in [5.41, 5.74) is 2.31. The van der Waals surface area contributed by atoms with E-state index in [1.807, 2.05) is 12.3 Å². The molecule has 0 radical (unpaired) electrons. The van der Waals surface area contributed by atoms with Gasteiger partial charge in [-0.25, -0.2) is 9.97 Å². The zero-order chi connectivity index (χ0) is 14.9. The van der Waals surface area contributed by atoms with Crippen molar-refractivity contribution in [1.82, 2.24) is 19.9 Å². The third-order valence-corrected chi connectivity index (χ3v) is 4.11. The fourth-order valence-electron chi connectivity index (χ4n) is 3.14. The zero-order valence-electron chi connectivity index (χ0n) is 13.4. The molecule has 0 aliphatic carbocycles. The molecule has 114 valence electrons. The first kappa shape index (κ1) is 14.5. The van der Waals surface area contributed by atoms with Crippen molar-refractivity contribution in [3.05, 3.63) is 24.2 Å². The highest BCUT2D eigenvalue weighted by Crippen LogP contribution is 2.25. The number of fused-ring (bicyclic) bond motifs is 1. The van der Waals surface area contributed by atoms with Gasteiger partial charge in [-0.1, -0.05) is 20.8 Å². The first-order valence-electron chi connectivity index (χ1n) is 8.04. The molecule has 0 saturated carbocycles. The fourth-order valence-corrected chi connectivity index (χ4v) is 3.14. The van der Waals surface area contributed by atoms with Crippen LogP contribution < -0.4 is 5.32 Å². The van der Waals surface area contributed by atoms with Crippen LogP contribution in [0.3, 0.4) is 0 Å². The maximum atomic E-state index is 4.84. The Balaban J connectivity index is 1.94. The minimum Gasteiger partial charge on any atom is -0.316 e. The van der Waals surface area contributed by atoms with Gasteiger partial charge >= 0.3 is 0 Å². The van der Waals surface area contributed by atoms with E-state index in [1.54, 1.807) is 0 Å². The summed E-state index contributed by atoms with van der Waals surface area (Å²) < 4.78 is 2.36. The number of hydrogen-bond donors (Lipinski definition) is 1. The van der Waals surface area contributed by atoms with Gasteiger partial charge in [0.15, 0.2) is 5.65 Å². The number of aromatic nitrogens is 3. The summed E-state index contributed by atoms with van der Waals surface area (Å²) in [6, 6.07) is 4.05. The Bertz CT molecular complexity index is 603. The van der Waals surface area contributed by atoms with E-state index in [0.29, 0.717) is 5.92 Å². The van der Waals surface area contributed by atoms with Crippen molar-refractivity contribution in [2.75, 3.05) is 13.1 Å². The molecule has 1 aliphatic heterocycles. The Morgan fingerprint density at radius 2 is 2.24 bits per heavy atom. The third kappa shape index (κ3) is 3.43. The van der Waals surface area contributed by atoms with Crippen LogP contribution in [0.5, 0.6) is 0 Å². The highest BCUT2D eigenvalue weighted by Gasteiger charge is 2.21. The molecule has 1 unspecified atom stereocenters. The Kier molecular flexibility index (Phi) is 3.98. The van der Waals surface area contributed by atoms with Gasteiger partial charge in [-0.05, 0) is 49.4 Å². The quantitative estimate of drug-likeness (QED) is 0.943. The van der Waals surface area contributed by atoms with E-state index in [0.717, 1.165) is 37.2 Å². The lowest BCUT2D eigenvalue weighted by Crippen LogP contribution is -2.32. The van der Waals surface area contributed by atoms with Crippen molar-refractivity contribution in [2.45, 2.75) is 46.6 Å². The summed E-state index contributed by atoms with van der Waals surface area (Å²) in [5.74, 6) is 1.87. The maximum Gasteiger partial charge on any atom is 0.159 e. The van der Waals surface area contributed by atoms with Crippen LogP contribution in [0.25, 0.3) is 11.2 Å². The summed E-state index contributed by atoms with van der Waals surface area (Å²) >= 11 is 0.